The first-order chi connectivity index (χ1) is 18.5. The van der Waals surface area contributed by atoms with E-state index in [4.69, 9.17) is 4.52 Å². The molecule has 0 unspecified atom stereocenters. The molecule has 0 saturated carbocycles. The maximum atomic E-state index is 13.7. The standard InChI is InChI=1S/C28H22F3N5O3/c1-14-4-5-18(11-23(14)35-27(38)20-8-17-6-7-32-25(17)33-13-20)26(37)34-22-10-19(9-21(12-22)28(29,30)31)24-15(2)36-39-16(24)3/h4-13H,1-3H3,(H,32,33)(H,34,37)(H,35,38). The van der Waals surface area contributed by atoms with E-state index < -0.39 is 23.6 Å². The van der Waals surface area contributed by atoms with Crippen LogP contribution >= 0.6 is 0 Å². The van der Waals surface area contributed by atoms with E-state index in [9.17, 15) is 22.8 Å². The zero-order chi connectivity index (χ0) is 27.9. The Morgan fingerprint density at radius 2 is 1.69 bits per heavy atom. The minimum atomic E-state index is -4.64. The number of hydrogen-bond donors (Lipinski definition) is 3. The molecule has 8 nitrogen and oxygen atoms in total. The summed E-state index contributed by atoms with van der Waals surface area (Å²) in [6.07, 6.45) is -1.49. The van der Waals surface area contributed by atoms with Gasteiger partial charge in [0.1, 0.15) is 11.4 Å². The summed E-state index contributed by atoms with van der Waals surface area (Å²) in [6, 6.07) is 11.4. The van der Waals surface area contributed by atoms with Crippen molar-refractivity contribution in [3.05, 3.63) is 94.6 Å². The minimum absolute atomic E-state index is 0.0538. The van der Waals surface area contributed by atoms with Gasteiger partial charge in [-0.25, -0.2) is 4.98 Å². The molecule has 11 heteroatoms. The van der Waals surface area contributed by atoms with Crippen LogP contribution in [0.25, 0.3) is 22.2 Å². The van der Waals surface area contributed by atoms with E-state index in [-0.39, 0.29) is 16.8 Å². The van der Waals surface area contributed by atoms with E-state index in [1.165, 1.54) is 24.4 Å². The number of aromatic amines is 1. The summed E-state index contributed by atoms with van der Waals surface area (Å²) in [5.41, 5.74) is 2.26. The van der Waals surface area contributed by atoms with Crippen molar-refractivity contribution in [1.29, 1.82) is 0 Å². The van der Waals surface area contributed by atoms with Gasteiger partial charge in [0.25, 0.3) is 11.8 Å². The summed E-state index contributed by atoms with van der Waals surface area (Å²) in [7, 11) is 0. The lowest BCUT2D eigenvalue weighted by molar-refractivity contribution is -0.137. The van der Waals surface area contributed by atoms with E-state index in [0.29, 0.717) is 39.5 Å². The van der Waals surface area contributed by atoms with Gasteiger partial charge in [-0.1, -0.05) is 11.2 Å². The molecule has 0 atom stereocenters. The molecule has 0 aliphatic rings. The zero-order valence-electron chi connectivity index (χ0n) is 21.0. The molecule has 198 valence electrons. The molecule has 2 amide bonds. The quantitative estimate of drug-likeness (QED) is 0.234. The van der Waals surface area contributed by atoms with Crippen molar-refractivity contribution < 1.29 is 27.3 Å². The summed E-state index contributed by atoms with van der Waals surface area (Å²) in [4.78, 5) is 33.1. The minimum Gasteiger partial charge on any atom is -0.361 e. The molecule has 0 bridgehead atoms. The number of carbonyl (C=O) groups excluding carboxylic acids is 2. The molecule has 3 heterocycles. The lowest BCUT2D eigenvalue weighted by Gasteiger charge is -2.14. The van der Waals surface area contributed by atoms with E-state index >= 15 is 0 Å². The third kappa shape index (κ3) is 5.24. The van der Waals surface area contributed by atoms with Crippen molar-refractivity contribution in [1.82, 2.24) is 15.1 Å². The van der Waals surface area contributed by atoms with E-state index in [0.717, 1.165) is 17.5 Å². The number of fused-ring (bicyclic) bond motifs is 1. The van der Waals surface area contributed by atoms with Gasteiger partial charge < -0.3 is 20.1 Å². The number of aromatic nitrogens is 3. The summed E-state index contributed by atoms with van der Waals surface area (Å²) in [5, 5.41) is 9.90. The fraction of sp³-hybridized carbons (Fsp3) is 0.143. The number of alkyl halides is 3. The van der Waals surface area contributed by atoms with Crippen LogP contribution in [0.4, 0.5) is 24.5 Å². The number of amides is 2. The van der Waals surface area contributed by atoms with Gasteiger partial charge in [0.05, 0.1) is 16.8 Å². The molecule has 3 aromatic heterocycles. The number of halogens is 3. The van der Waals surface area contributed by atoms with Crippen LogP contribution in [0.2, 0.25) is 0 Å². The van der Waals surface area contributed by atoms with Gasteiger partial charge in [-0.05, 0) is 74.4 Å². The molecule has 0 aliphatic carbocycles. The van der Waals surface area contributed by atoms with Crippen molar-refractivity contribution in [2.45, 2.75) is 26.9 Å². The normalized spacial score (nSPS) is 11.5. The monoisotopic (exact) mass is 533 g/mol. The lowest BCUT2D eigenvalue weighted by Crippen LogP contribution is -2.16. The Morgan fingerprint density at radius 1 is 0.923 bits per heavy atom. The molecule has 0 fully saturated rings. The number of aryl methyl sites for hydroxylation is 3. The van der Waals surface area contributed by atoms with Gasteiger partial charge in [-0.3, -0.25) is 9.59 Å². The van der Waals surface area contributed by atoms with Crippen LogP contribution in [0.1, 0.15) is 43.3 Å². The van der Waals surface area contributed by atoms with Crippen LogP contribution < -0.4 is 10.6 Å². The second-order valence-corrected chi connectivity index (χ2v) is 9.07. The van der Waals surface area contributed by atoms with Gasteiger partial charge in [-0.2, -0.15) is 13.2 Å². The Labute approximate surface area is 220 Å². The molecule has 2 aromatic carbocycles. The van der Waals surface area contributed by atoms with Crippen LogP contribution in [-0.4, -0.2) is 26.9 Å². The zero-order valence-corrected chi connectivity index (χ0v) is 21.0. The van der Waals surface area contributed by atoms with E-state index in [1.807, 2.05) is 0 Å². The SMILES string of the molecule is Cc1ccc(C(=O)Nc2cc(-c3c(C)noc3C)cc(C(F)(F)F)c2)cc1NC(=O)c1cnc2[nH]ccc2c1. The number of rotatable bonds is 5. The first-order valence-electron chi connectivity index (χ1n) is 11.8. The second kappa shape index (κ2) is 9.75. The van der Waals surface area contributed by atoms with Crippen LogP contribution in [0, 0.1) is 20.8 Å². The number of nitrogens with zero attached hydrogens (tertiary/aromatic N) is 2. The highest BCUT2D eigenvalue weighted by Gasteiger charge is 2.32. The van der Waals surface area contributed by atoms with Crippen molar-refractivity contribution in [2.24, 2.45) is 0 Å². The molecule has 0 saturated heterocycles. The van der Waals surface area contributed by atoms with Gasteiger partial charge in [0, 0.05) is 40.3 Å². The Hall–Kier alpha value is -4.93. The maximum absolute atomic E-state index is 13.7. The number of anilines is 2. The predicted molar refractivity (Wildman–Crippen MR) is 140 cm³/mol. The van der Waals surface area contributed by atoms with Gasteiger partial charge in [0.2, 0.25) is 0 Å². The molecule has 5 rings (SSSR count). The molecule has 39 heavy (non-hydrogen) atoms. The Balaban J connectivity index is 1.42. The average molecular weight is 534 g/mol. The molecule has 0 radical (unpaired) electrons. The topological polar surface area (TPSA) is 113 Å². The van der Waals surface area contributed by atoms with Gasteiger partial charge in [-0.15, -0.1) is 0 Å². The third-order valence-corrected chi connectivity index (χ3v) is 6.25. The molecule has 0 aliphatic heterocycles. The summed E-state index contributed by atoms with van der Waals surface area (Å²) in [5.74, 6) is -0.716. The number of H-pyrrole nitrogens is 1. The first kappa shape index (κ1) is 25.7. The second-order valence-electron chi connectivity index (χ2n) is 9.07. The highest BCUT2D eigenvalue weighted by atomic mass is 19.4. The molecule has 5 aromatic rings. The number of pyridine rings is 1. The Morgan fingerprint density at radius 3 is 2.41 bits per heavy atom. The van der Waals surface area contributed by atoms with Crippen LogP contribution in [0.3, 0.4) is 0 Å². The van der Waals surface area contributed by atoms with Crippen molar-refractivity contribution in [3.63, 3.8) is 0 Å². The van der Waals surface area contributed by atoms with Crippen LogP contribution in [0.15, 0.2) is 65.4 Å². The smallest absolute Gasteiger partial charge is 0.361 e. The van der Waals surface area contributed by atoms with Gasteiger partial charge in [0.15, 0.2) is 0 Å². The maximum Gasteiger partial charge on any atom is 0.416 e. The number of nitrogens with one attached hydrogen (secondary N) is 3. The summed E-state index contributed by atoms with van der Waals surface area (Å²) in [6.45, 7) is 4.98. The van der Waals surface area contributed by atoms with Crippen LogP contribution in [-0.2, 0) is 6.18 Å². The average Bonchev–Trinajstić information content (AvgIpc) is 3.49. The number of benzene rings is 2. The van der Waals surface area contributed by atoms with Crippen molar-refractivity contribution >= 4 is 34.2 Å². The van der Waals surface area contributed by atoms with E-state index in [2.05, 4.69) is 25.8 Å². The Bertz CT molecular complexity index is 1720. The Kier molecular flexibility index (Phi) is 6.43. The number of carbonyl (C=O) groups is 2. The summed E-state index contributed by atoms with van der Waals surface area (Å²) < 4.78 is 46.2. The molecular formula is C28H22F3N5O3. The third-order valence-electron chi connectivity index (χ3n) is 6.25. The van der Waals surface area contributed by atoms with Crippen molar-refractivity contribution in [3.8, 4) is 11.1 Å². The fourth-order valence-electron chi connectivity index (χ4n) is 4.26. The molecule has 3 N–H and O–H groups in total. The van der Waals surface area contributed by atoms with E-state index in [1.54, 1.807) is 45.2 Å². The van der Waals surface area contributed by atoms with Gasteiger partial charge >= 0.3 is 6.18 Å². The van der Waals surface area contributed by atoms with Crippen molar-refractivity contribution in [2.75, 3.05) is 10.6 Å². The lowest BCUT2D eigenvalue weighted by atomic mass is 10.00. The van der Waals surface area contributed by atoms with Crippen LogP contribution in [0.5, 0.6) is 0 Å². The predicted octanol–water partition coefficient (Wildman–Crippen LogP) is 6.67. The fourth-order valence-corrected chi connectivity index (χ4v) is 4.26. The largest absolute Gasteiger partial charge is 0.416 e. The highest BCUT2D eigenvalue weighted by Crippen LogP contribution is 2.37. The summed E-state index contributed by atoms with van der Waals surface area (Å²) >= 11 is 0. The first-order valence-corrected chi connectivity index (χ1v) is 11.8. The molecular weight excluding hydrogens is 511 g/mol. The number of hydrogen-bond acceptors (Lipinski definition) is 5. The highest BCUT2D eigenvalue weighted by molar-refractivity contribution is 6.08. The molecule has 0 spiro atoms.